The molecule has 0 radical (unpaired) electrons. The van der Waals surface area contributed by atoms with Crippen molar-refractivity contribution in [1.29, 1.82) is 0 Å². The largest absolute Gasteiger partial charge is 0.345 e. The highest BCUT2D eigenvalue weighted by molar-refractivity contribution is 5.95. The van der Waals surface area contributed by atoms with Crippen LogP contribution in [0, 0.1) is 23.7 Å². The number of amides is 4. The lowest BCUT2D eigenvalue weighted by Crippen LogP contribution is -2.73. The van der Waals surface area contributed by atoms with Crippen molar-refractivity contribution in [2.24, 2.45) is 35.1 Å². The quantitative estimate of drug-likeness (QED) is 0.151. The molecule has 7 unspecified atom stereocenters. The van der Waals surface area contributed by atoms with Gasteiger partial charge < -0.3 is 31.9 Å². The number of likely N-dealkylation sites (tertiary alicyclic amines) is 2. The third-order valence-electron chi connectivity index (χ3n) is 10.9. The van der Waals surface area contributed by atoms with Crippen LogP contribution in [0.1, 0.15) is 84.3 Å². The molecule has 4 rings (SSSR count). The molecule has 290 valence electrons. The molecule has 2 aromatic rings. The standard InChI is InChI=1S/C42H62N6O5/c1-27(2)20-32(23-38(49)37(22-31-16-10-7-11-17-31)46-40(51)35(44)21-30-14-8-6-9-15-30)39(50)45-36(18-12-13-19-43)42(53)48-33-24-34(48)26-47(25-33)41(52)29(5)28(3)4/h6-11,14-17,27-29,32-37H,12-13,18-26,43-44H2,1-5H3,(H,45,50)(H,46,51). The Morgan fingerprint density at radius 1 is 0.755 bits per heavy atom. The number of nitrogens with zero attached hydrogens (tertiary/aromatic N) is 2. The van der Waals surface area contributed by atoms with Gasteiger partial charge in [0.05, 0.1) is 24.2 Å². The van der Waals surface area contributed by atoms with Crippen molar-refractivity contribution in [2.45, 2.75) is 116 Å². The highest BCUT2D eigenvalue weighted by Gasteiger charge is 2.50. The Labute approximate surface area is 316 Å². The van der Waals surface area contributed by atoms with Crippen molar-refractivity contribution in [3.8, 4) is 0 Å². The molecular weight excluding hydrogens is 668 g/mol. The summed E-state index contributed by atoms with van der Waals surface area (Å²) in [5.74, 6) is -1.54. The van der Waals surface area contributed by atoms with E-state index in [-0.39, 0.29) is 66.2 Å². The molecule has 0 saturated carbocycles. The molecule has 4 amide bonds. The second-order valence-electron chi connectivity index (χ2n) is 16.0. The fraction of sp³-hybridized carbons (Fsp3) is 0.595. The van der Waals surface area contributed by atoms with Crippen LogP contribution in [0.15, 0.2) is 60.7 Å². The van der Waals surface area contributed by atoms with E-state index in [4.69, 9.17) is 11.5 Å². The molecule has 11 heteroatoms. The molecule has 53 heavy (non-hydrogen) atoms. The molecule has 2 aliphatic rings. The maximum absolute atomic E-state index is 14.1. The zero-order chi connectivity index (χ0) is 38.7. The highest BCUT2D eigenvalue weighted by Crippen LogP contribution is 2.34. The zero-order valence-electron chi connectivity index (χ0n) is 32.3. The van der Waals surface area contributed by atoms with Gasteiger partial charge in [-0.05, 0) is 74.5 Å². The third-order valence-corrected chi connectivity index (χ3v) is 10.9. The van der Waals surface area contributed by atoms with E-state index < -0.39 is 30.0 Å². The number of piperidine rings is 1. The lowest BCUT2D eigenvalue weighted by Gasteiger charge is -2.57. The Hall–Kier alpha value is -4.09. The number of rotatable bonds is 20. The zero-order valence-corrected chi connectivity index (χ0v) is 32.3. The molecule has 2 aliphatic heterocycles. The Morgan fingerprint density at radius 2 is 1.32 bits per heavy atom. The molecule has 6 N–H and O–H groups in total. The van der Waals surface area contributed by atoms with E-state index in [1.54, 1.807) is 0 Å². The third kappa shape index (κ3) is 11.7. The first-order chi connectivity index (χ1) is 25.3. The molecule has 0 aliphatic carbocycles. The van der Waals surface area contributed by atoms with Crippen LogP contribution in [0.2, 0.25) is 0 Å². The summed E-state index contributed by atoms with van der Waals surface area (Å²) < 4.78 is 0. The summed E-state index contributed by atoms with van der Waals surface area (Å²) in [7, 11) is 0. The Morgan fingerprint density at radius 3 is 1.87 bits per heavy atom. The van der Waals surface area contributed by atoms with Crippen LogP contribution in [0.3, 0.4) is 0 Å². The lowest BCUT2D eigenvalue weighted by molar-refractivity contribution is -0.165. The smallest absolute Gasteiger partial charge is 0.245 e. The van der Waals surface area contributed by atoms with Gasteiger partial charge in [-0.3, -0.25) is 24.0 Å². The van der Waals surface area contributed by atoms with Crippen molar-refractivity contribution < 1.29 is 24.0 Å². The number of piperazine rings is 1. The fourth-order valence-electron chi connectivity index (χ4n) is 7.51. The second kappa shape index (κ2) is 19.8. The molecular formula is C42H62N6O5. The van der Waals surface area contributed by atoms with E-state index in [0.29, 0.717) is 51.7 Å². The first kappa shape index (κ1) is 41.7. The number of carbonyl (C=O) groups excluding carboxylic acids is 5. The first-order valence-electron chi connectivity index (χ1n) is 19.6. The van der Waals surface area contributed by atoms with Crippen molar-refractivity contribution in [3.05, 3.63) is 71.8 Å². The van der Waals surface area contributed by atoms with Crippen LogP contribution in [-0.2, 0) is 36.8 Å². The van der Waals surface area contributed by atoms with Gasteiger partial charge in [0, 0.05) is 31.3 Å². The lowest BCUT2D eigenvalue weighted by atomic mass is 9.84. The molecule has 2 fully saturated rings. The van der Waals surface area contributed by atoms with Crippen LogP contribution < -0.4 is 22.1 Å². The number of fused-ring (bicyclic) bond motifs is 2. The van der Waals surface area contributed by atoms with E-state index in [9.17, 15) is 24.0 Å². The average molecular weight is 731 g/mol. The molecule has 2 bridgehead atoms. The number of nitrogens with one attached hydrogen (secondary N) is 2. The minimum Gasteiger partial charge on any atom is -0.345 e. The van der Waals surface area contributed by atoms with Crippen molar-refractivity contribution in [3.63, 3.8) is 0 Å². The number of hydrogen-bond donors (Lipinski definition) is 4. The summed E-state index contributed by atoms with van der Waals surface area (Å²) >= 11 is 0. The van der Waals surface area contributed by atoms with Gasteiger partial charge in [-0.25, -0.2) is 0 Å². The summed E-state index contributed by atoms with van der Waals surface area (Å²) in [6, 6.07) is 16.2. The summed E-state index contributed by atoms with van der Waals surface area (Å²) in [4.78, 5) is 72.6. The molecule has 0 aromatic heterocycles. The summed E-state index contributed by atoms with van der Waals surface area (Å²) in [5.41, 5.74) is 13.9. The molecule has 2 heterocycles. The van der Waals surface area contributed by atoms with Gasteiger partial charge in [-0.1, -0.05) is 95.3 Å². The maximum atomic E-state index is 14.1. The number of nitrogens with two attached hydrogens (primary N) is 2. The Bertz CT molecular complexity index is 1510. The van der Waals surface area contributed by atoms with Crippen LogP contribution in [0.25, 0.3) is 0 Å². The normalized spacial score (nSPS) is 19.5. The summed E-state index contributed by atoms with van der Waals surface area (Å²) in [6.07, 6.45) is 3.55. The van der Waals surface area contributed by atoms with Gasteiger partial charge in [-0.15, -0.1) is 0 Å². The molecule has 7 atom stereocenters. The van der Waals surface area contributed by atoms with Gasteiger partial charge >= 0.3 is 0 Å². The topological polar surface area (TPSA) is 168 Å². The molecule has 2 aromatic carbocycles. The fourth-order valence-corrected chi connectivity index (χ4v) is 7.51. The number of carbonyl (C=O) groups is 5. The summed E-state index contributed by atoms with van der Waals surface area (Å²) in [5, 5.41) is 5.96. The predicted octanol–water partition coefficient (Wildman–Crippen LogP) is 3.62. The second-order valence-corrected chi connectivity index (χ2v) is 16.0. The van der Waals surface area contributed by atoms with Crippen molar-refractivity contribution >= 4 is 29.4 Å². The number of benzene rings is 2. The monoisotopic (exact) mass is 730 g/mol. The average Bonchev–Trinajstić information content (AvgIpc) is 3.13. The van der Waals surface area contributed by atoms with Gasteiger partial charge in [0.1, 0.15) is 6.04 Å². The summed E-state index contributed by atoms with van der Waals surface area (Å²) in [6.45, 7) is 11.5. The van der Waals surface area contributed by atoms with Crippen LogP contribution in [0.4, 0.5) is 0 Å². The van der Waals surface area contributed by atoms with Crippen molar-refractivity contribution in [2.75, 3.05) is 19.6 Å². The minimum atomic E-state index is -0.888. The maximum Gasteiger partial charge on any atom is 0.245 e. The van der Waals surface area contributed by atoms with E-state index >= 15 is 0 Å². The number of Topliss-reactive ketones (excluding diaryl/α,β-unsaturated/α-hetero) is 1. The SMILES string of the molecule is CC(C)CC(CC(=O)C(Cc1ccccc1)NC(=O)C(N)Cc1ccccc1)C(=O)NC(CCCCN)C(=O)N1C2CC1CN(C(=O)C(C)C(C)C)C2. The van der Waals surface area contributed by atoms with E-state index in [1.807, 2.05) is 105 Å². The van der Waals surface area contributed by atoms with Crippen LogP contribution >= 0.6 is 0 Å². The first-order valence-corrected chi connectivity index (χ1v) is 19.6. The van der Waals surface area contributed by atoms with Gasteiger partial charge in [0.2, 0.25) is 23.6 Å². The van der Waals surface area contributed by atoms with E-state index in [1.165, 1.54) is 0 Å². The van der Waals surface area contributed by atoms with Crippen LogP contribution in [-0.4, -0.2) is 89.1 Å². The highest BCUT2D eigenvalue weighted by atomic mass is 16.2. The number of ketones is 1. The van der Waals surface area contributed by atoms with Gasteiger partial charge in [0.25, 0.3) is 0 Å². The van der Waals surface area contributed by atoms with Crippen molar-refractivity contribution in [1.82, 2.24) is 20.4 Å². The van der Waals surface area contributed by atoms with E-state index in [2.05, 4.69) is 10.6 Å². The molecule has 11 nitrogen and oxygen atoms in total. The Balaban J connectivity index is 1.47. The minimum absolute atomic E-state index is 0.0814. The van der Waals surface area contributed by atoms with Gasteiger partial charge in [-0.2, -0.15) is 0 Å². The number of hydrogen-bond acceptors (Lipinski definition) is 7. The van der Waals surface area contributed by atoms with Crippen LogP contribution in [0.5, 0.6) is 0 Å². The Kier molecular flexibility index (Phi) is 15.6. The van der Waals surface area contributed by atoms with Gasteiger partial charge in [0.15, 0.2) is 5.78 Å². The van der Waals surface area contributed by atoms with E-state index in [0.717, 1.165) is 17.5 Å². The molecule has 0 spiro atoms. The predicted molar refractivity (Wildman–Crippen MR) is 207 cm³/mol. The molecule has 2 saturated heterocycles. The number of unbranched alkanes of at least 4 members (excludes halogenated alkanes) is 1.